The van der Waals surface area contributed by atoms with Crippen LogP contribution in [0.15, 0.2) is 36.4 Å². The highest BCUT2D eigenvalue weighted by molar-refractivity contribution is 6.44. The molecule has 0 aliphatic rings. The van der Waals surface area contributed by atoms with Crippen molar-refractivity contribution in [2.45, 2.75) is 6.92 Å². The lowest BCUT2D eigenvalue weighted by Gasteiger charge is -2.13. The van der Waals surface area contributed by atoms with Crippen molar-refractivity contribution in [3.05, 3.63) is 47.0 Å². The second kappa shape index (κ2) is 7.70. The summed E-state index contributed by atoms with van der Waals surface area (Å²) in [7, 11) is 2.88. The van der Waals surface area contributed by atoms with E-state index in [-0.39, 0.29) is 5.69 Å². The molecule has 24 heavy (non-hydrogen) atoms. The molecule has 2 aromatic carbocycles. The quantitative estimate of drug-likeness (QED) is 0.831. The number of hydrogen-bond acceptors (Lipinski definition) is 4. The van der Waals surface area contributed by atoms with Crippen LogP contribution in [0.5, 0.6) is 11.5 Å². The molecule has 7 heteroatoms. The minimum Gasteiger partial charge on any atom is -0.495 e. The molecule has 2 rings (SSSR count). The summed E-state index contributed by atoms with van der Waals surface area (Å²) in [6.07, 6.45) is 0. The third-order valence-electron chi connectivity index (χ3n) is 3.20. The molecule has 6 nitrogen and oxygen atoms in total. The van der Waals surface area contributed by atoms with Crippen molar-refractivity contribution >= 4 is 34.8 Å². The van der Waals surface area contributed by atoms with Gasteiger partial charge in [0.25, 0.3) is 0 Å². The van der Waals surface area contributed by atoms with E-state index in [0.29, 0.717) is 22.2 Å². The molecule has 0 saturated heterocycles. The van der Waals surface area contributed by atoms with Gasteiger partial charge in [-0.15, -0.1) is 0 Å². The average molecular weight is 349 g/mol. The highest BCUT2D eigenvalue weighted by atomic mass is 35.5. The van der Waals surface area contributed by atoms with Crippen molar-refractivity contribution in [1.82, 2.24) is 0 Å². The first-order chi connectivity index (χ1) is 11.4. The summed E-state index contributed by atoms with van der Waals surface area (Å²) in [6, 6.07) is 10.1. The summed E-state index contributed by atoms with van der Waals surface area (Å²) < 4.78 is 10.3. The van der Waals surface area contributed by atoms with E-state index in [2.05, 4.69) is 10.6 Å². The van der Waals surface area contributed by atoms with E-state index < -0.39 is 11.8 Å². The number of aryl methyl sites for hydroxylation is 1. The Labute approximate surface area is 144 Å². The zero-order chi connectivity index (χ0) is 17.7. The zero-order valence-corrected chi connectivity index (χ0v) is 14.2. The molecule has 0 radical (unpaired) electrons. The molecule has 0 atom stereocenters. The molecule has 0 saturated carbocycles. The van der Waals surface area contributed by atoms with E-state index in [4.69, 9.17) is 21.1 Å². The Bertz CT molecular complexity index is 777. The molecule has 0 fully saturated rings. The molecule has 2 aromatic rings. The molecule has 2 amide bonds. The highest BCUT2D eigenvalue weighted by Crippen LogP contribution is 2.35. The molecule has 0 aliphatic carbocycles. The van der Waals surface area contributed by atoms with Crippen molar-refractivity contribution in [1.29, 1.82) is 0 Å². The predicted octanol–water partition coefficient (Wildman–Crippen LogP) is 3.24. The lowest BCUT2D eigenvalue weighted by Crippen LogP contribution is -2.29. The molecule has 0 heterocycles. The molecule has 0 spiro atoms. The Kier molecular flexibility index (Phi) is 5.65. The fourth-order valence-electron chi connectivity index (χ4n) is 2.05. The van der Waals surface area contributed by atoms with E-state index in [1.807, 2.05) is 13.0 Å². The van der Waals surface area contributed by atoms with Gasteiger partial charge in [0.1, 0.15) is 11.5 Å². The van der Waals surface area contributed by atoms with Gasteiger partial charge in [-0.3, -0.25) is 9.59 Å². The van der Waals surface area contributed by atoms with E-state index in [9.17, 15) is 9.59 Å². The number of carbonyl (C=O) groups excluding carboxylic acids is 2. The van der Waals surface area contributed by atoms with Crippen LogP contribution in [0.4, 0.5) is 11.4 Å². The van der Waals surface area contributed by atoms with Crippen LogP contribution in [0.3, 0.4) is 0 Å². The van der Waals surface area contributed by atoms with Gasteiger partial charge in [0.2, 0.25) is 0 Å². The maximum Gasteiger partial charge on any atom is 0.314 e. The van der Waals surface area contributed by atoms with Crippen LogP contribution in [0.1, 0.15) is 5.56 Å². The Hall–Kier alpha value is -2.73. The van der Waals surface area contributed by atoms with Crippen LogP contribution in [0.2, 0.25) is 5.02 Å². The van der Waals surface area contributed by atoms with Crippen LogP contribution in [0, 0.1) is 6.92 Å². The number of amides is 2. The summed E-state index contributed by atoms with van der Waals surface area (Å²) in [6.45, 7) is 1.89. The Morgan fingerprint density at radius 2 is 1.62 bits per heavy atom. The number of hydrogen-bond donors (Lipinski definition) is 2. The summed E-state index contributed by atoms with van der Waals surface area (Å²) in [5.74, 6) is -0.958. The van der Waals surface area contributed by atoms with E-state index in [1.165, 1.54) is 26.4 Å². The van der Waals surface area contributed by atoms with Gasteiger partial charge in [-0.05, 0) is 24.6 Å². The first kappa shape index (κ1) is 17.6. The van der Waals surface area contributed by atoms with Gasteiger partial charge in [-0.2, -0.15) is 0 Å². The maximum atomic E-state index is 12.1. The third kappa shape index (κ3) is 4.17. The summed E-state index contributed by atoms with van der Waals surface area (Å²) >= 11 is 6.00. The number of halogens is 1. The predicted molar refractivity (Wildman–Crippen MR) is 93.0 cm³/mol. The molecule has 0 bridgehead atoms. The first-order valence-electron chi connectivity index (χ1n) is 7.05. The van der Waals surface area contributed by atoms with E-state index >= 15 is 0 Å². The zero-order valence-electron chi connectivity index (χ0n) is 13.5. The number of nitrogens with one attached hydrogen (secondary N) is 2. The number of benzene rings is 2. The van der Waals surface area contributed by atoms with Crippen molar-refractivity contribution < 1.29 is 19.1 Å². The Morgan fingerprint density at radius 1 is 0.958 bits per heavy atom. The minimum absolute atomic E-state index is 0.281. The lowest BCUT2D eigenvalue weighted by molar-refractivity contribution is -0.133. The average Bonchev–Trinajstić information content (AvgIpc) is 2.55. The van der Waals surface area contributed by atoms with E-state index in [0.717, 1.165) is 5.56 Å². The minimum atomic E-state index is -0.834. The second-order valence-corrected chi connectivity index (χ2v) is 5.37. The van der Waals surface area contributed by atoms with Gasteiger partial charge in [-0.1, -0.05) is 23.7 Å². The molecule has 0 unspecified atom stereocenters. The number of rotatable bonds is 4. The normalized spacial score (nSPS) is 10.0. The van der Waals surface area contributed by atoms with Gasteiger partial charge >= 0.3 is 11.8 Å². The maximum absolute atomic E-state index is 12.1. The van der Waals surface area contributed by atoms with Gasteiger partial charge in [0, 0.05) is 17.8 Å². The number of carbonyl (C=O) groups is 2. The lowest BCUT2D eigenvalue weighted by atomic mass is 10.2. The fraction of sp³-hybridized carbons (Fsp3) is 0.176. The number of methoxy groups -OCH3 is 2. The van der Waals surface area contributed by atoms with Crippen LogP contribution in [-0.2, 0) is 9.59 Å². The summed E-state index contributed by atoms with van der Waals surface area (Å²) in [5, 5.41) is 5.34. The molecule has 2 N–H and O–H groups in total. The molecular formula is C17H17ClN2O4. The third-order valence-corrected chi connectivity index (χ3v) is 3.50. The monoisotopic (exact) mass is 348 g/mol. The van der Waals surface area contributed by atoms with Crippen LogP contribution in [0.25, 0.3) is 0 Å². The van der Waals surface area contributed by atoms with Crippen molar-refractivity contribution in [2.75, 3.05) is 24.9 Å². The van der Waals surface area contributed by atoms with Crippen LogP contribution < -0.4 is 20.1 Å². The molecule has 126 valence electrons. The van der Waals surface area contributed by atoms with Gasteiger partial charge < -0.3 is 20.1 Å². The molecular weight excluding hydrogens is 332 g/mol. The van der Waals surface area contributed by atoms with Crippen molar-refractivity contribution in [3.8, 4) is 11.5 Å². The van der Waals surface area contributed by atoms with Crippen molar-refractivity contribution in [3.63, 3.8) is 0 Å². The topological polar surface area (TPSA) is 76.7 Å². The summed E-state index contributed by atoms with van der Waals surface area (Å²) in [5.41, 5.74) is 1.79. The van der Waals surface area contributed by atoms with E-state index in [1.54, 1.807) is 18.2 Å². The molecule has 0 aliphatic heterocycles. The largest absolute Gasteiger partial charge is 0.495 e. The van der Waals surface area contributed by atoms with Crippen molar-refractivity contribution in [2.24, 2.45) is 0 Å². The highest BCUT2D eigenvalue weighted by Gasteiger charge is 2.18. The smallest absolute Gasteiger partial charge is 0.314 e. The van der Waals surface area contributed by atoms with Gasteiger partial charge in [0.15, 0.2) is 0 Å². The number of anilines is 2. The Balaban J connectivity index is 2.15. The van der Waals surface area contributed by atoms with Gasteiger partial charge in [0.05, 0.1) is 24.9 Å². The second-order valence-electron chi connectivity index (χ2n) is 4.96. The number of ether oxygens (including phenoxy) is 2. The van der Waals surface area contributed by atoms with Crippen LogP contribution >= 0.6 is 11.6 Å². The fourth-order valence-corrected chi connectivity index (χ4v) is 2.28. The summed E-state index contributed by atoms with van der Waals surface area (Å²) in [4.78, 5) is 24.1. The molecule has 0 aromatic heterocycles. The SMILES string of the molecule is COc1cc(NC(=O)C(=O)Nc2cccc(C)c2)c(OC)cc1Cl. The van der Waals surface area contributed by atoms with Gasteiger partial charge in [-0.25, -0.2) is 0 Å². The first-order valence-corrected chi connectivity index (χ1v) is 7.43. The Morgan fingerprint density at radius 3 is 2.25 bits per heavy atom. The van der Waals surface area contributed by atoms with Crippen LogP contribution in [-0.4, -0.2) is 26.0 Å². The standard InChI is InChI=1S/C17H17ClN2O4/c1-10-5-4-6-11(7-10)19-16(21)17(22)20-13-9-14(23-2)12(18)8-15(13)24-3/h4-9H,1-3H3,(H,19,21)(H,20,22).